The van der Waals surface area contributed by atoms with Gasteiger partial charge in [-0.1, -0.05) is 11.3 Å². The first kappa shape index (κ1) is 14.6. The molecule has 0 aliphatic rings. The summed E-state index contributed by atoms with van der Waals surface area (Å²) in [6, 6.07) is 2.11. The maximum absolute atomic E-state index is 12.5. The van der Waals surface area contributed by atoms with E-state index in [-0.39, 0.29) is 12.1 Å². The van der Waals surface area contributed by atoms with Crippen molar-refractivity contribution in [3.05, 3.63) is 44.9 Å². The highest BCUT2D eigenvalue weighted by Gasteiger charge is 2.33. The van der Waals surface area contributed by atoms with Gasteiger partial charge in [0, 0.05) is 17.1 Å². The minimum absolute atomic E-state index is 0.0291. The van der Waals surface area contributed by atoms with Gasteiger partial charge in [-0.05, 0) is 13.0 Å². The van der Waals surface area contributed by atoms with Crippen molar-refractivity contribution in [2.24, 2.45) is 0 Å². The van der Waals surface area contributed by atoms with Crippen molar-refractivity contribution in [1.82, 2.24) is 19.2 Å². The van der Waals surface area contributed by atoms with E-state index in [0.717, 1.165) is 15.6 Å². The lowest BCUT2D eigenvalue weighted by Gasteiger charge is -2.03. The van der Waals surface area contributed by atoms with Crippen molar-refractivity contribution < 1.29 is 13.2 Å². The zero-order valence-electron chi connectivity index (χ0n) is 11.3. The minimum Gasteiger partial charge on any atom is -0.384 e. The molecule has 0 amide bonds. The molecule has 0 fully saturated rings. The molecule has 22 heavy (non-hydrogen) atoms. The molecule has 0 aliphatic heterocycles. The first-order chi connectivity index (χ1) is 10.3. The first-order valence-corrected chi connectivity index (χ1v) is 6.95. The standard InChI is InChI=1S/C12H10F3N5OS/c1-6-10(16)20-9(21)4-7(17-11(20)22-6)5-19-3-2-8(18-19)12(13,14)15/h2-4H,5,16H2,1H3. The largest absolute Gasteiger partial charge is 0.435 e. The number of alkyl halides is 3. The van der Waals surface area contributed by atoms with E-state index >= 15 is 0 Å². The fourth-order valence-electron chi connectivity index (χ4n) is 1.99. The van der Waals surface area contributed by atoms with Crippen LogP contribution in [0, 0.1) is 6.92 Å². The van der Waals surface area contributed by atoms with E-state index in [1.54, 1.807) is 6.92 Å². The number of hydrogen-bond donors (Lipinski definition) is 1. The number of rotatable bonds is 2. The van der Waals surface area contributed by atoms with Crippen LogP contribution >= 0.6 is 11.3 Å². The van der Waals surface area contributed by atoms with Gasteiger partial charge >= 0.3 is 6.18 Å². The van der Waals surface area contributed by atoms with Gasteiger partial charge in [-0.15, -0.1) is 0 Å². The number of halogens is 3. The maximum Gasteiger partial charge on any atom is 0.435 e. The molecule has 3 rings (SSSR count). The summed E-state index contributed by atoms with van der Waals surface area (Å²) in [7, 11) is 0. The molecule has 2 N–H and O–H groups in total. The number of hydrogen-bond acceptors (Lipinski definition) is 5. The number of nitrogens with zero attached hydrogens (tertiary/aromatic N) is 4. The molecule has 3 aromatic rings. The highest BCUT2D eigenvalue weighted by Crippen LogP contribution is 2.27. The molecule has 0 aromatic carbocycles. The maximum atomic E-state index is 12.5. The van der Waals surface area contributed by atoms with E-state index < -0.39 is 11.9 Å². The number of aromatic nitrogens is 4. The summed E-state index contributed by atoms with van der Waals surface area (Å²) in [6.45, 7) is 1.73. The molecule has 0 unspecified atom stereocenters. The number of nitrogen functional groups attached to an aromatic ring is 1. The second kappa shape index (κ2) is 4.83. The average Bonchev–Trinajstić information content (AvgIpc) is 2.95. The van der Waals surface area contributed by atoms with Gasteiger partial charge in [0.2, 0.25) is 0 Å². The Balaban J connectivity index is 1.98. The predicted octanol–water partition coefficient (Wildman–Crippen LogP) is 1.91. The van der Waals surface area contributed by atoms with Crippen LogP contribution in [-0.4, -0.2) is 19.2 Å². The topological polar surface area (TPSA) is 78.2 Å². The highest BCUT2D eigenvalue weighted by molar-refractivity contribution is 7.17. The summed E-state index contributed by atoms with van der Waals surface area (Å²) in [4.78, 5) is 17.4. The molecule has 6 nitrogen and oxygen atoms in total. The molecule has 0 spiro atoms. The summed E-state index contributed by atoms with van der Waals surface area (Å²) in [5.41, 5.74) is 4.75. The molecule has 0 atom stereocenters. The van der Waals surface area contributed by atoms with E-state index in [4.69, 9.17) is 5.73 Å². The van der Waals surface area contributed by atoms with E-state index in [1.165, 1.54) is 28.0 Å². The summed E-state index contributed by atoms with van der Waals surface area (Å²) in [5, 5.41) is 3.43. The van der Waals surface area contributed by atoms with Crippen LogP contribution in [0.3, 0.4) is 0 Å². The fraction of sp³-hybridized carbons (Fsp3) is 0.250. The van der Waals surface area contributed by atoms with Crippen molar-refractivity contribution in [3.8, 4) is 0 Å². The van der Waals surface area contributed by atoms with Crippen LogP contribution in [0.25, 0.3) is 4.96 Å². The lowest BCUT2D eigenvalue weighted by atomic mass is 10.4. The Bertz CT molecular complexity index is 908. The molecule has 0 saturated carbocycles. The van der Waals surface area contributed by atoms with Gasteiger partial charge in [0.1, 0.15) is 5.82 Å². The Kier molecular flexibility index (Phi) is 3.20. The number of thiazole rings is 1. The van der Waals surface area contributed by atoms with Gasteiger partial charge in [0.05, 0.1) is 12.2 Å². The van der Waals surface area contributed by atoms with Crippen molar-refractivity contribution in [2.45, 2.75) is 19.6 Å². The van der Waals surface area contributed by atoms with E-state index in [2.05, 4.69) is 10.1 Å². The normalized spacial score (nSPS) is 12.2. The van der Waals surface area contributed by atoms with Crippen LogP contribution in [0.4, 0.5) is 19.0 Å². The van der Waals surface area contributed by atoms with Crippen LogP contribution < -0.4 is 11.3 Å². The second-order valence-corrected chi connectivity index (χ2v) is 5.83. The Labute approximate surface area is 125 Å². The number of anilines is 1. The highest BCUT2D eigenvalue weighted by atomic mass is 32.1. The average molecular weight is 329 g/mol. The fourth-order valence-corrected chi connectivity index (χ4v) is 2.90. The monoisotopic (exact) mass is 329 g/mol. The Morgan fingerprint density at radius 1 is 1.41 bits per heavy atom. The Morgan fingerprint density at radius 2 is 2.14 bits per heavy atom. The quantitative estimate of drug-likeness (QED) is 0.779. The zero-order chi connectivity index (χ0) is 16.1. The number of nitrogens with two attached hydrogens (primary N) is 1. The van der Waals surface area contributed by atoms with Crippen molar-refractivity contribution in [2.75, 3.05) is 5.73 Å². The zero-order valence-corrected chi connectivity index (χ0v) is 12.1. The number of aryl methyl sites for hydroxylation is 1. The van der Waals surface area contributed by atoms with Crippen LogP contribution in [-0.2, 0) is 12.7 Å². The molecular weight excluding hydrogens is 319 g/mol. The molecule has 0 saturated heterocycles. The second-order valence-electron chi connectivity index (χ2n) is 4.64. The number of fused-ring (bicyclic) bond motifs is 1. The molecule has 0 radical (unpaired) electrons. The van der Waals surface area contributed by atoms with Gasteiger partial charge in [0.15, 0.2) is 10.7 Å². The van der Waals surface area contributed by atoms with Crippen molar-refractivity contribution in [3.63, 3.8) is 0 Å². The van der Waals surface area contributed by atoms with Gasteiger partial charge in [-0.3, -0.25) is 9.48 Å². The molecular formula is C12H10F3N5OS. The van der Waals surface area contributed by atoms with Crippen LogP contribution in [0.15, 0.2) is 23.1 Å². The van der Waals surface area contributed by atoms with E-state index in [0.29, 0.717) is 16.5 Å². The third-order valence-electron chi connectivity index (χ3n) is 3.04. The molecule has 3 aromatic heterocycles. The first-order valence-electron chi connectivity index (χ1n) is 6.14. The molecule has 3 heterocycles. The summed E-state index contributed by atoms with van der Waals surface area (Å²) < 4.78 is 39.9. The van der Waals surface area contributed by atoms with E-state index in [1.807, 2.05) is 0 Å². The molecule has 116 valence electrons. The van der Waals surface area contributed by atoms with Gasteiger partial charge in [0.25, 0.3) is 5.56 Å². The smallest absolute Gasteiger partial charge is 0.384 e. The lowest BCUT2D eigenvalue weighted by Crippen LogP contribution is -2.17. The summed E-state index contributed by atoms with van der Waals surface area (Å²) in [6.07, 6.45) is -3.30. The Morgan fingerprint density at radius 3 is 2.77 bits per heavy atom. The van der Waals surface area contributed by atoms with Gasteiger partial charge in [-0.2, -0.15) is 18.3 Å². The van der Waals surface area contributed by atoms with Crippen LogP contribution in [0.1, 0.15) is 16.3 Å². The minimum atomic E-state index is -4.50. The summed E-state index contributed by atoms with van der Waals surface area (Å²) >= 11 is 1.24. The molecule has 0 bridgehead atoms. The molecule has 10 heteroatoms. The van der Waals surface area contributed by atoms with Crippen LogP contribution in [0.2, 0.25) is 0 Å². The van der Waals surface area contributed by atoms with Gasteiger partial charge < -0.3 is 5.73 Å². The van der Waals surface area contributed by atoms with Crippen LogP contribution in [0.5, 0.6) is 0 Å². The third-order valence-corrected chi connectivity index (χ3v) is 4.01. The van der Waals surface area contributed by atoms with Crippen molar-refractivity contribution >= 4 is 22.1 Å². The van der Waals surface area contributed by atoms with Crippen molar-refractivity contribution in [1.29, 1.82) is 0 Å². The molecule has 0 aliphatic carbocycles. The Hall–Kier alpha value is -2.36. The predicted molar refractivity (Wildman–Crippen MR) is 74.8 cm³/mol. The summed E-state index contributed by atoms with van der Waals surface area (Å²) in [5.74, 6) is 0.322. The van der Waals surface area contributed by atoms with Gasteiger partial charge in [-0.25, -0.2) is 9.38 Å². The SMILES string of the molecule is Cc1sc2nc(Cn3ccc(C(F)(F)F)n3)cc(=O)n2c1N. The van der Waals surface area contributed by atoms with E-state index in [9.17, 15) is 18.0 Å². The third kappa shape index (κ3) is 2.45. The lowest BCUT2D eigenvalue weighted by molar-refractivity contribution is -0.141.